The molecule has 1 aromatic carbocycles. The Bertz CT molecular complexity index is 691. The summed E-state index contributed by atoms with van der Waals surface area (Å²) in [4.78, 5) is 14.8. The van der Waals surface area contributed by atoms with Crippen LogP contribution in [0.15, 0.2) is 23.6 Å². The van der Waals surface area contributed by atoms with E-state index in [1.807, 2.05) is 38.1 Å². The zero-order valence-corrected chi connectivity index (χ0v) is 13.4. The Morgan fingerprint density at radius 3 is 2.68 bits per heavy atom. The number of aromatic carboxylic acids is 1. The van der Waals surface area contributed by atoms with E-state index >= 15 is 0 Å². The molecule has 116 valence electrons. The first-order chi connectivity index (χ1) is 10.5. The van der Waals surface area contributed by atoms with Crippen molar-refractivity contribution in [2.24, 2.45) is 0 Å². The molecule has 6 heteroatoms. The molecule has 2 rings (SSSR count). The van der Waals surface area contributed by atoms with Crippen LogP contribution in [0.4, 0.5) is 0 Å². The third-order valence-corrected chi connectivity index (χ3v) is 3.52. The first kappa shape index (κ1) is 16.0. The van der Waals surface area contributed by atoms with E-state index < -0.39 is 5.97 Å². The molecule has 0 aliphatic carbocycles. The molecular weight excluding hydrogens is 302 g/mol. The van der Waals surface area contributed by atoms with E-state index in [2.05, 4.69) is 4.98 Å². The number of ether oxygens (including phenoxy) is 2. The first-order valence-corrected chi connectivity index (χ1v) is 7.59. The monoisotopic (exact) mass is 319 g/mol. The fraction of sp³-hybridized carbons (Fsp3) is 0.250. The molecule has 0 bridgehead atoms. The molecule has 0 unspecified atom stereocenters. The third-order valence-electron chi connectivity index (χ3n) is 2.71. The Labute approximate surface area is 132 Å². The normalized spacial score (nSPS) is 11.1. The fourth-order valence-corrected chi connectivity index (χ4v) is 2.46. The van der Waals surface area contributed by atoms with Gasteiger partial charge in [-0.15, -0.1) is 11.3 Å². The van der Waals surface area contributed by atoms with Gasteiger partial charge in [-0.25, -0.2) is 9.78 Å². The fourth-order valence-electron chi connectivity index (χ4n) is 1.77. The summed E-state index contributed by atoms with van der Waals surface area (Å²) in [5.41, 5.74) is 0.978. The molecule has 0 aliphatic heterocycles. The van der Waals surface area contributed by atoms with Gasteiger partial charge in [-0.1, -0.05) is 12.1 Å². The molecule has 0 saturated carbocycles. The maximum absolute atomic E-state index is 10.8. The molecule has 0 atom stereocenters. The number of aromatic nitrogens is 1. The van der Waals surface area contributed by atoms with Gasteiger partial charge >= 0.3 is 5.97 Å². The molecule has 5 nitrogen and oxygen atoms in total. The van der Waals surface area contributed by atoms with Gasteiger partial charge in [-0.2, -0.15) is 0 Å². The van der Waals surface area contributed by atoms with Crippen molar-refractivity contribution >= 4 is 29.5 Å². The van der Waals surface area contributed by atoms with Crippen LogP contribution < -0.4 is 9.47 Å². The smallest absolute Gasteiger partial charge is 0.355 e. The first-order valence-electron chi connectivity index (χ1n) is 6.71. The summed E-state index contributed by atoms with van der Waals surface area (Å²) >= 11 is 1.28. The van der Waals surface area contributed by atoms with Gasteiger partial charge in [-0.3, -0.25) is 0 Å². The van der Waals surface area contributed by atoms with Crippen LogP contribution in [-0.2, 0) is 0 Å². The number of carboxylic acids is 1. The van der Waals surface area contributed by atoms with Crippen LogP contribution in [0, 0.1) is 0 Å². The summed E-state index contributed by atoms with van der Waals surface area (Å²) in [5, 5.41) is 11.0. The number of methoxy groups -OCH3 is 1. The predicted octanol–water partition coefficient (Wildman–Crippen LogP) is 3.81. The number of carbonyl (C=O) groups is 1. The highest BCUT2D eigenvalue weighted by atomic mass is 32.1. The molecule has 1 heterocycles. The van der Waals surface area contributed by atoms with Crippen molar-refractivity contribution in [2.45, 2.75) is 20.0 Å². The molecular formula is C16H17NO4S. The van der Waals surface area contributed by atoms with Gasteiger partial charge in [0.2, 0.25) is 0 Å². The lowest BCUT2D eigenvalue weighted by Gasteiger charge is -2.13. The Kier molecular flexibility index (Phi) is 5.16. The minimum Gasteiger partial charge on any atom is -0.493 e. The Morgan fingerprint density at radius 1 is 1.32 bits per heavy atom. The zero-order chi connectivity index (χ0) is 16.1. The molecule has 2 aromatic rings. The number of benzene rings is 1. The van der Waals surface area contributed by atoms with Gasteiger partial charge in [-0.05, 0) is 37.6 Å². The Balaban J connectivity index is 2.21. The van der Waals surface area contributed by atoms with Crippen LogP contribution in [-0.4, -0.2) is 29.3 Å². The highest BCUT2D eigenvalue weighted by molar-refractivity contribution is 7.10. The lowest BCUT2D eigenvalue weighted by molar-refractivity contribution is 0.0691. The van der Waals surface area contributed by atoms with Crippen molar-refractivity contribution in [1.82, 2.24) is 4.98 Å². The van der Waals surface area contributed by atoms with Crippen LogP contribution >= 0.6 is 11.3 Å². The second kappa shape index (κ2) is 7.09. The van der Waals surface area contributed by atoms with Crippen molar-refractivity contribution in [3.8, 4) is 11.5 Å². The van der Waals surface area contributed by atoms with E-state index in [1.54, 1.807) is 13.2 Å². The molecule has 1 N–H and O–H groups in total. The lowest BCUT2D eigenvalue weighted by Crippen LogP contribution is -2.06. The van der Waals surface area contributed by atoms with Crippen LogP contribution in [0.3, 0.4) is 0 Å². The summed E-state index contributed by atoms with van der Waals surface area (Å²) in [5.74, 6) is 0.325. The second-order valence-electron chi connectivity index (χ2n) is 4.79. The molecule has 0 fully saturated rings. The summed E-state index contributed by atoms with van der Waals surface area (Å²) in [6.07, 6.45) is 3.68. The molecule has 1 aromatic heterocycles. The summed E-state index contributed by atoms with van der Waals surface area (Å²) < 4.78 is 11.0. The van der Waals surface area contributed by atoms with Gasteiger partial charge < -0.3 is 14.6 Å². The van der Waals surface area contributed by atoms with Gasteiger partial charge in [0.1, 0.15) is 5.01 Å². The summed E-state index contributed by atoms with van der Waals surface area (Å²) in [6, 6.07) is 5.61. The quantitative estimate of drug-likeness (QED) is 0.877. The number of thiazole rings is 1. The molecule has 0 aliphatic rings. The highest BCUT2D eigenvalue weighted by Gasteiger charge is 2.08. The van der Waals surface area contributed by atoms with Gasteiger partial charge in [0.15, 0.2) is 17.2 Å². The van der Waals surface area contributed by atoms with E-state index in [0.717, 1.165) is 5.56 Å². The minimum absolute atomic E-state index is 0.0465. The van der Waals surface area contributed by atoms with Gasteiger partial charge in [0.25, 0.3) is 0 Å². The van der Waals surface area contributed by atoms with Gasteiger partial charge in [0, 0.05) is 5.38 Å². The molecule has 0 saturated heterocycles. The number of hydrogen-bond acceptors (Lipinski definition) is 5. The number of hydrogen-bond donors (Lipinski definition) is 1. The van der Waals surface area contributed by atoms with Crippen molar-refractivity contribution in [3.05, 3.63) is 39.8 Å². The van der Waals surface area contributed by atoms with E-state index in [1.165, 1.54) is 16.7 Å². The maximum Gasteiger partial charge on any atom is 0.355 e. The maximum atomic E-state index is 10.8. The van der Waals surface area contributed by atoms with Crippen molar-refractivity contribution < 1.29 is 19.4 Å². The van der Waals surface area contributed by atoms with E-state index in [4.69, 9.17) is 14.6 Å². The van der Waals surface area contributed by atoms with Crippen molar-refractivity contribution in [1.29, 1.82) is 0 Å². The van der Waals surface area contributed by atoms with Crippen LogP contribution in [0.1, 0.15) is 34.9 Å². The third kappa shape index (κ3) is 4.08. The summed E-state index contributed by atoms with van der Waals surface area (Å²) in [6.45, 7) is 3.90. The van der Waals surface area contributed by atoms with Crippen molar-refractivity contribution in [3.63, 3.8) is 0 Å². The minimum atomic E-state index is -1.02. The van der Waals surface area contributed by atoms with E-state index in [0.29, 0.717) is 16.5 Å². The number of nitrogens with zero attached hydrogens (tertiary/aromatic N) is 1. The largest absolute Gasteiger partial charge is 0.493 e. The van der Waals surface area contributed by atoms with Crippen LogP contribution in [0.2, 0.25) is 0 Å². The average Bonchev–Trinajstić information content (AvgIpc) is 2.94. The van der Waals surface area contributed by atoms with Gasteiger partial charge in [0.05, 0.1) is 13.2 Å². The van der Waals surface area contributed by atoms with Crippen LogP contribution in [0.5, 0.6) is 11.5 Å². The molecule has 0 radical (unpaired) electrons. The van der Waals surface area contributed by atoms with Crippen molar-refractivity contribution in [2.75, 3.05) is 7.11 Å². The number of carboxylic acid groups (broad SMARTS) is 1. The molecule has 0 spiro atoms. The van der Waals surface area contributed by atoms with Crippen LogP contribution in [0.25, 0.3) is 12.2 Å². The molecule has 0 amide bonds. The predicted molar refractivity (Wildman–Crippen MR) is 86.8 cm³/mol. The summed E-state index contributed by atoms with van der Waals surface area (Å²) in [7, 11) is 1.60. The van der Waals surface area contributed by atoms with E-state index in [9.17, 15) is 4.79 Å². The second-order valence-corrected chi connectivity index (χ2v) is 5.68. The SMILES string of the molecule is COc1ccc(C=Cc2nc(C(=O)O)cs2)cc1OC(C)C. The molecule has 22 heavy (non-hydrogen) atoms. The average molecular weight is 319 g/mol. The number of rotatable bonds is 6. The Morgan fingerprint density at radius 2 is 2.09 bits per heavy atom. The van der Waals surface area contributed by atoms with E-state index in [-0.39, 0.29) is 11.8 Å². The standard InChI is InChI=1S/C16H17NO4S/c1-10(2)21-14-8-11(4-6-13(14)20-3)5-7-15-17-12(9-22-15)16(18)19/h4-10H,1-3H3,(H,18,19). The Hall–Kier alpha value is -2.34. The topological polar surface area (TPSA) is 68.7 Å². The highest BCUT2D eigenvalue weighted by Crippen LogP contribution is 2.29. The zero-order valence-electron chi connectivity index (χ0n) is 12.6. The lowest BCUT2D eigenvalue weighted by atomic mass is 10.2.